The summed E-state index contributed by atoms with van der Waals surface area (Å²) < 4.78 is 12.4. The number of aryl methyl sites for hydroxylation is 1. The quantitative estimate of drug-likeness (QED) is 0.449. The van der Waals surface area contributed by atoms with Gasteiger partial charge in [-0.25, -0.2) is 0 Å². The Labute approximate surface area is 176 Å². The fourth-order valence-corrected chi connectivity index (χ4v) is 2.78. The number of ether oxygens (including phenoxy) is 2. The third-order valence-corrected chi connectivity index (χ3v) is 4.56. The van der Waals surface area contributed by atoms with Crippen molar-refractivity contribution in [2.24, 2.45) is 11.7 Å². The molecule has 0 fully saturated rings. The molecule has 0 aliphatic rings. The number of nitrogens with zero attached hydrogens (tertiary/aromatic N) is 3. The van der Waals surface area contributed by atoms with E-state index >= 15 is 0 Å². The average molecular weight is 418 g/mol. The number of amides is 2. The monoisotopic (exact) mass is 417 g/mol. The van der Waals surface area contributed by atoms with Gasteiger partial charge < -0.3 is 20.5 Å². The highest BCUT2D eigenvalue weighted by molar-refractivity contribution is 5.76. The van der Waals surface area contributed by atoms with E-state index in [1.807, 2.05) is 37.4 Å². The van der Waals surface area contributed by atoms with Crippen molar-refractivity contribution in [3.05, 3.63) is 41.7 Å². The van der Waals surface area contributed by atoms with Crippen molar-refractivity contribution in [3.63, 3.8) is 0 Å². The Morgan fingerprint density at radius 2 is 2.00 bits per heavy atom. The van der Waals surface area contributed by atoms with Crippen molar-refractivity contribution in [2.45, 2.75) is 45.8 Å². The molecule has 2 aromatic rings. The lowest BCUT2D eigenvalue weighted by atomic mass is 10.0. The fraction of sp³-hybridized carbons (Fsp3) is 0.524. The first kappa shape index (κ1) is 23.3. The number of benzene rings is 1. The van der Waals surface area contributed by atoms with Crippen LogP contribution in [0, 0.1) is 5.92 Å². The minimum absolute atomic E-state index is 0.0369. The van der Waals surface area contributed by atoms with Gasteiger partial charge in [0.25, 0.3) is 0 Å². The minimum Gasteiger partial charge on any atom is -0.487 e. The van der Waals surface area contributed by atoms with Crippen molar-refractivity contribution in [1.29, 1.82) is 0 Å². The Hall–Kier alpha value is -2.94. The minimum atomic E-state index is -0.303. The summed E-state index contributed by atoms with van der Waals surface area (Å²) in [6.45, 7) is 3.98. The van der Waals surface area contributed by atoms with Crippen LogP contribution in [0.1, 0.15) is 37.4 Å². The van der Waals surface area contributed by atoms with Crippen molar-refractivity contribution >= 4 is 11.8 Å². The van der Waals surface area contributed by atoms with Crippen LogP contribution in [0.3, 0.4) is 0 Å². The van der Waals surface area contributed by atoms with Crippen LogP contribution in [0.15, 0.2) is 30.5 Å². The lowest BCUT2D eigenvalue weighted by molar-refractivity contribution is -0.122. The normalized spacial score (nSPS) is 11.8. The molecular formula is C21H31N5O4. The summed E-state index contributed by atoms with van der Waals surface area (Å²) in [5.41, 5.74) is 7.06. The zero-order valence-corrected chi connectivity index (χ0v) is 17.7. The molecule has 164 valence electrons. The Balaban J connectivity index is 1.67. The Morgan fingerprint density at radius 1 is 1.23 bits per heavy atom. The second kappa shape index (κ2) is 12.6. The molecule has 9 heteroatoms. The van der Waals surface area contributed by atoms with Crippen LogP contribution in [-0.4, -0.2) is 47.1 Å². The number of nitrogens with one attached hydrogen (secondary N) is 1. The first-order valence-corrected chi connectivity index (χ1v) is 10.1. The summed E-state index contributed by atoms with van der Waals surface area (Å²) in [6.07, 6.45) is 4.42. The maximum absolute atomic E-state index is 11.6. The molecule has 2 rings (SSSR count). The number of methoxy groups -OCH3 is 1. The van der Waals surface area contributed by atoms with Crippen molar-refractivity contribution in [2.75, 3.05) is 20.3 Å². The highest BCUT2D eigenvalue weighted by Crippen LogP contribution is 2.16. The van der Waals surface area contributed by atoms with Gasteiger partial charge in [-0.1, -0.05) is 24.3 Å². The van der Waals surface area contributed by atoms with E-state index in [1.165, 1.54) is 0 Å². The summed E-state index contributed by atoms with van der Waals surface area (Å²) in [5.74, 6) is 0.254. The summed E-state index contributed by atoms with van der Waals surface area (Å²) in [5, 5.41) is 11.1. The number of hydrogen-bond donors (Lipinski definition) is 2. The maximum atomic E-state index is 11.6. The van der Waals surface area contributed by atoms with Gasteiger partial charge in [0.05, 0.1) is 6.20 Å². The number of carbonyl (C=O) groups excluding carboxylic acids is 2. The molecule has 0 bridgehead atoms. The molecule has 0 aliphatic heterocycles. The SMILES string of the molecule is COCCCC(=O)NCCCn1cc(COc2ccc(C[C@H](C)C(N)=O)cc2)nn1. The Bertz CT molecular complexity index is 791. The topological polar surface area (TPSA) is 121 Å². The molecular weight excluding hydrogens is 386 g/mol. The highest BCUT2D eigenvalue weighted by atomic mass is 16.5. The Morgan fingerprint density at radius 3 is 2.70 bits per heavy atom. The van der Waals surface area contributed by atoms with Crippen LogP contribution in [0.4, 0.5) is 0 Å². The lowest BCUT2D eigenvalue weighted by Crippen LogP contribution is -2.25. The molecule has 0 saturated heterocycles. The van der Waals surface area contributed by atoms with E-state index in [0.29, 0.717) is 39.1 Å². The van der Waals surface area contributed by atoms with Gasteiger partial charge in [0.1, 0.15) is 18.1 Å². The average Bonchev–Trinajstić information content (AvgIpc) is 3.18. The summed E-state index contributed by atoms with van der Waals surface area (Å²) in [6, 6.07) is 7.58. The zero-order valence-electron chi connectivity index (χ0n) is 17.7. The zero-order chi connectivity index (χ0) is 21.8. The Kier molecular flexibility index (Phi) is 9.79. The van der Waals surface area contributed by atoms with E-state index in [4.69, 9.17) is 15.2 Å². The van der Waals surface area contributed by atoms with Gasteiger partial charge in [-0.3, -0.25) is 14.3 Å². The standard InChI is InChI=1S/C21H31N5O4/c1-16(21(22)28)13-17-6-8-19(9-7-17)30-15-18-14-26(25-24-18)11-4-10-23-20(27)5-3-12-29-2/h6-9,14,16H,3-5,10-13,15H2,1-2H3,(H2,22,28)(H,23,27)/t16-/m0/s1. The van der Waals surface area contributed by atoms with Crippen LogP contribution in [0.5, 0.6) is 5.75 Å². The van der Waals surface area contributed by atoms with Gasteiger partial charge in [0, 0.05) is 39.1 Å². The van der Waals surface area contributed by atoms with Gasteiger partial charge in [-0.15, -0.1) is 5.10 Å². The van der Waals surface area contributed by atoms with Crippen LogP contribution in [0.2, 0.25) is 0 Å². The van der Waals surface area contributed by atoms with Crippen molar-refractivity contribution < 1.29 is 19.1 Å². The molecule has 0 spiro atoms. The number of rotatable bonds is 14. The molecule has 0 unspecified atom stereocenters. The van der Waals surface area contributed by atoms with Gasteiger partial charge in [-0.2, -0.15) is 0 Å². The van der Waals surface area contributed by atoms with E-state index in [-0.39, 0.29) is 17.7 Å². The molecule has 0 radical (unpaired) electrons. The number of carbonyl (C=O) groups is 2. The summed E-state index contributed by atoms with van der Waals surface area (Å²) in [7, 11) is 1.63. The second-order valence-corrected chi connectivity index (χ2v) is 7.21. The van der Waals surface area contributed by atoms with E-state index in [2.05, 4.69) is 15.6 Å². The first-order chi connectivity index (χ1) is 14.5. The van der Waals surface area contributed by atoms with E-state index in [1.54, 1.807) is 11.8 Å². The second-order valence-electron chi connectivity index (χ2n) is 7.21. The first-order valence-electron chi connectivity index (χ1n) is 10.1. The maximum Gasteiger partial charge on any atom is 0.220 e. The highest BCUT2D eigenvalue weighted by Gasteiger charge is 2.09. The molecule has 30 heavy (non-hydrogen) atoms. The molecule has 2 amide bonds. The molecule has 0 saturated carbocycles. The summed E-state index contributed by atoms with van der Waals surface area (Å²) >= 11 is 0. The van der Waals surface area contributed by atoms with E-state index in [9.17, 15) is 9.59 Å². The van der Waals surface area contributed by atoms with Crippen molar-refractivity contribution in [3.8, 4) is 5.75 Å². The molecule has 1 atom stereocenters. The number of primary amides is 1. The molecule has 9 nitrogen and oxygen atoms in total. The predicted molar refractivity (Wildman–Crippen MR) is 112 cm³/mol. The molecule has 0 aliphatic carbocycles. The predicted octanol–water partition coefficient (Wildman–Crippen LogP) is 1.45. The van der Waals surface area contributed by atoms with Gasteiger partial charge in [0.15, 0.2) is 0 Å². The number of hydrogen-bond acceptors (Lipinski definition) is 6. The van der Waals surface area contributed by atoms with Crippen molar-refractivity contribution in [1.82, 2.24) is 20.3 Å². The molecule has 1 aromatic heterocycles. The lowest BCUT2D eigenvalue weighted by Gasteiger charge is -2.08. The third kappa shape index (κ3) is 8.60. The molecule has 1 heterocycles. The van der Waals surface area contributed by atoms with Crippen LogP contribution in [0.25, 0.3) is 0 Å². The largest absolute Gasteiger partial charge is 0.487 e. The molecule has 1 aromatic carbocycles. The smallest absolute Gasteiger partial charge is 0.220 e. The van der Waals surface area contributed by atoms with Gasteiger partial charge >= 0.3 is 0 Å². The fourth-order valence-electron chi connectivity index (χ4n) is 2.78. The van der Waals surface area contributed by atoms with E-state index < -0.39 is 0 Å². The molecule has 3 N–H and O–H groups in total. The van der Waals surface area contributed by atoms with E-state index in [0.717, 1.165) is 29.8 Å². The third-order valence-electron chi connectivity index (χ3n) is 4.56. The van der Waals surface area contributed by atoms with Gasteiger partial charge in [0.2, 0.25) is 11.8 Å². The van der Waals surface area contributed by atoms with Gasteiger partial charge in [-0.05, 0) is 37.0 Å². The number of nitrogens with two attached hydrogens (primary N) is 1. The van der Waals surface area contributed by atoms with Crippen LogP contribution >= 0.6 is 0 Å². The number of aromatic nitrogens is 3. The van der Waals surface area contributed by atoms with Crippen LogP contribution < -0.4 is 15.8 Å². The van der Waals surface area contributed by atoms with Crippen LogP contribution in [-0.2, 0) is 33.9 Å². The summed E-state index contributed by atoms with van der Waals surface area (Å²) in [4.78, 5) is 22.8.